The Kier molecular flexibility index (Phi) is 4.05. The van der Waals surface area contributed by atoms with E-state index in [0.717, 1.165) is 11.5 Å². The molecular weight excluding hydrogens is 274 g/mol. The molecule has 1 aliphatic heterocycles. The fraction of sp³-hybridized carbons (Fsp3) is 0.545. The smallest absolute Gasteiger partial charge is 0.418 e. The van der Waals surface area contributed by atoms with Crippen LogP contribution in [0.1, 0.15) is 31.9 Å². The van der Waals surface area contributed by atoms with Gasteiger partial charge in [-0.05, 0) is 41.7 Å². The highest BCUT2D eigenvalue weighted by Crippen LogP contribution is 2.43. The molecular formula is C11H15NO2S3. The molecule has 94 valence electrons. The van der Waals surface area contributed by atoms with Gasteiger partial charge in [-0.15, -0.1) is 0 Å². The molecule has 0 atom stereocenters. The molecule has 0 N–H and O–H groups in total. The van der Waals surface area contributed by atoms with E-state index in [9.17, 15) is 4.79 Å². The van der Waals surface area contributed by atoms with E-state index in [1.54, 1.807) is 4.57 Å². The summed E-state index contributed by atoms with van der Waals surface area (Å²) in [6.45, 7) is 5.63. The molecule has 0 spiro atoms. The first-order valence-electron chi connectivity index (χ1n) is 5.30. The van der Waals surface area contributed by atoms with Gasteiger partial charge in [-0.1, -0.05) is 21.6 Å². The van der Waals surface area contributed by atoms with Crippen LogP contribution < -0.4 is 0 Å². The van der Waals surface area contributed by atoms with Crippen LogP contribution >= 0.6 is 31.4 Å². The molecule has 0 saturated carbocycles. The van der Waals surface area contributed by atoms with Gasteiger partial charge in [-0.3, -0.25) is 4.57 Å². The van der Waals surface area contributed by atoms with E-state index in [1.165, 1.54) is 11.1 Å². The average molecular weight is 289 g/mol. The molecule has 1 aliphatic rings. The normalized spacial score (nSPS) is 16.2. The first-order valence-corrected chi connectivity index (χ1v) is 9.12. The first kappa shape index (κ1) is 13.2. The van der Waals surface area contributed by atoms with E-state index in [-0.39, 0.29) is 6.09 Å². The summed E-state index contributed by atoms with van der Waals surface area (Å²) in [6.07, 6.45) is 3.49. The molecule has 2 heterocycles. The number of nitrogens with zero attached hydrogens (tertiary/aromatic N) is 1. The highest BCUT2D eigenvalue weighted by Gasteiger charge is 2.20. The lowest BCUT2D eigenvalue weighted by molar-refractivity contribution is 0.0537. The van der Waals surface area contributed by atoms with Crippen molar-refractivity contribution in [2.75, 3.05) is 0 Å². The quantitative estimate of drug-likeness (QED) is 0.664. The number of fused-ring (bicyclic) bond motifs is 1. The summed E-state index contributed by atoms with van der Waals surface area (Å²) < 4.78 is 6.90. The number of rotatable bonds is 0. The van der Waals surface area contributed by atoms with E-state index in [2.05, 4.69) is 0 Å². The van der Waals surface area contributed by atoms with Crippen molar-refractivity contribution in [1.82, 2.24) is 4.57 Å². The molecule has 1 aromatic rings. The molecule has 0 saturated heterocycles. The molecule has 0 radical (unpaired) electrons. The predicted molar refractivity (Wildman–Crippen MR) is 76.2 cm³/mol. The van der Waals surface area contributed by atoms with E-state index in [4.69, 9.17) is 4.74 Å². The van der Waals surface area contributed by atoms with Gasteiger partial charge in [0.05, 0.1) is 0 Å². The van der Waals surface area contributed by atoms with Crippen molar-refractivity contribution in [3.8, 4) is 0 Å². The molecule has 2 rings (SSSR count). The standard InChI is InChI=1S/C11H15NO2S3/c1-11(2,3)14-10(13)12-4-8-6-15-17-16-7-9(8)5-12/h4-5H,6-7H2,1-3H3. The van der Waals surface area contributed by atoms with Crippen LogP contribution in [0.25, 0.3) is 0 Å². The first-order chi connectivity index (χ1) is 7.96. The number of hydrogen-bond donors (Lipinski definition) is 0. The van der Waals surface area contributed by atoms with Gasteiger partial charge in [-0.25, -0.2) is 4.79 Å². The maximum atomic E-state index is 11.9. The third-order valence-electron chi connectivity index (χ3n) is 2.13. The predicted octanol–water partition coefficient (Wildman–Crippen LogP) is 4.31. The lowest BCUT2D eigenvalue weighted by Crippen LogP contribution is -2.26. The Hall–Kier alpha value is -0.200. The Morgan fingerprint density at radius 2 is 1.76 bits per heavy atom. The lowest BCUT2D eigenvalue weighted by atomic mass is 10.2. The summed E-state index contributed by atoms with van der Waals surface area (Å²) in [5, 5.41) is 0. The summed E-state index contributed by atoms with van der Waals surface area (Å²) in [5.74, 6) is 1.89. The number of carbonyl (C=O) groups excluding carboxylic acids is 1. The van der Waals surface area contributed by atoms with Gasteiger partial charge in [-0.2, -0.15) is 0 Å². The van der Waals surface area contributed by atoms with Crippen LogP contribution in [-0.4, -0.2) is 16.3 Å². The molecule has 0 bridgehead atoms. The van der Waals surface area contributed by atoms with Crippen LogP contribution in [0.2, 0.25) is 0 Å². The Morgan fingerprint density at radius 3 is 2.24 bits per heavy atom. The highest BCUT2D eigenvalue weighted by atomic mass is 33.5. The summed E-state index contributed by atoms with van der Waals surface area (Å²) in [4.78, 5) is 11.9. The van der Waals surface area contributed by atoms with Crippen molar-refractivity contribution < 1.29 is 9.53 Å². The Morgan fingerprint density at radius 1 is 1.24 bits per heavy atom. The minimum atomic E-state index is -0.446. The Bertz CT molecular complexity index is 399. The van der Waals surface area contributed by atoms with Crippen molar-refractivity contribution in [1.29, 1.82) is 0 Å². The van der Waals surface area contributed by atoms with Crippen LogP contribution in [-0.2, 0) is 16.2 Å². The van der Waals surface area contributed by atoms with Gasteiger partial charge < -0.3 is 4.74 Å². The third kappa shape index (κ3) is 3.63. The second-order valence-corrected chi connectivity index (χ2v) is 9.02. The van der Waals surface area contributed by atoms with Crippen molar-refractivity contribution in [3.05, 3.63) is 23.5 Å². The van der Waals surface area contributed by atoms with Gasteiger partial charge in [0.2, 0.25) is 0 Å². The summed E-state index contributed by atoms with van der Waals surface area (Å²) in [5.41, 5.74) is 2.02. The fourth-order valence-corrected chi connectivity index (χ4v) is 5.10. The monoisotopic (exact) mass is 289 g/mol. The zero-order valence-electron chi connectivity index (χ0n) is 10.1. The van der Waals surface area contributed by atoms with Crippen molar-refractivity contribution in [3.63, 3.8) is 0 Å². The Balaban J connectivity index is 2.15. The number of carbonyl (C=O) groups is 1. The van der Waals surface area contributed by atoms with E-state index < -0.39 is 5.60 Å². The van der Waals surface area contributed by atoms with Crippen LogP contribution in [0.15, 0.2) is 12.4 Å². The van der Waals surface area contributed by atoms with Gasteiger partial charge in [0.25, 0.3) is 0 Å². The van der Waals surface area contributed by atoms with Gasteiger partial charge >= 0.3 is 6.09 Å². The molecule has 17 heavy (non-hydrogen) atoms. The fourth-order valence-electron chi connectivity index (χ4n) is 1.43. The minimum Gasteiger partial charge on any atom is -0.443 e. The molecule has 0 amide bonds. The molecule has 0 fully saturated rings. The Labute approximate surface area is 113 Å². The molecule has 0 unspecified atom stereocenters. The third-order valence-corrected chi connectivity index (χ3v) is 6.20. The molecule has 6 heteroatoms. The number of ether oxygens (including phenoxy) is 1. The molecule has 0 aliphatic carbocycles. The van der Waals surface area contributed by atoms with Crippen LogP contribution in [0.4, 0.5) is 4.79 Å². The molecule has 3 nitrogen and oxygen atoms in total. The van der Waals surface area contributed by atoms with Crippen LogP contribution in [0.3, 0.4) is 0 Å². The summed E-state index contributed by atoms with van der Waals surface area (Å²) in [7, 11) is 5.43. The highest BCUT2D eigenvalue weighted by molar-refractivity contribution is 9.09. The van der Waals surface area contributed by atoms with Crippen LogP contribution in [0, 0.1) is 0 Å². The largest absolute Gasteiger partial charge is 0.443 e. The SMILES string of the molecule is CC(C)(C)OC(=O)n1cc2c(c1)CSSSC2. The van der Waals surface area contributed by atoms with Gasteiger partial charge in [0, 0.05) is 23.9 Å². The van der Waals surface area contributed by atoms with Gasteiger partial charge in [0.15, 0.2) is 0 Å². The second-order valence-electron chi connectivity index (χ2n) is 4.79. The molecule has 0 aromatic carbocycles. The van der Waals surface area contributed by atoms with Crippen molar-refractivity contribution >= 4 is 37.5 Å². The van der Waals surface area contributed by atoms with E-state index in [1.807, 2.05) is 64.6 Å². The second kappa shape index (κ2) is 5.20. The average Bonchev–Trinajstić information content (AvgIpc) is 2.48. The van der Waals surface area contributed by atoms with E-state index in [0.29, 0.717) is 0 Å². The van der Waals surface area contributed by atoms with Crippen molar-refractivity contribution in [2.24, 2.45) is 0 Å². The zero-order valence-corrected chi connectivity index (χ0v) is 12.5. The van der Waals surface area contributed by atoms with Crippen molar-refractivity contribution in [2.45, 2.75) is 37.9 Å². The van der Waals surface area contributed by atoms with E-state index >= 15 is 0 Å². The maximum absolute atomic E-state index is 11.9. The topological polar surface area (TPSA) is 31.2 Å². The number of hydrogen-bond acceptors (Lipinski definition) is 5. The summed E-state index contributed by atoms with van der Waals surface area (Å²) >= 11 is 0. The number of aromatic nitrogens is 1. The lowest BCUT2D eigenvalue weighted by Gasteiger charge is -2.19. The molecule has 1 aromatic heterocycles. The zero-order chi connectivity index (χ0) is 12.5. The summed E-state index contributed by atoms with van der Waals surface area (Å²) in [6, 6.07) is 0. The minimum absolute atomic E-state index is 0.298. The van der Waals surface area contributed by atoms with Gasteiger partial charge in [0.1, 0.15) is 5.60 Å². The maximum Gasteiger partial charge on any atom is 0.418 e. The van der Waals surface area contributed by atoms with Crippen LogP contribution in [0.5, 0.6) is 0 Å².